The molecule has 176 valence electrons. The number of rotatable bonds is 10. The number of benzene rings is 3. The highest BCUT2D eigenvalue weighted by atomic mass is 16.5. The fraction of sp³-hybridized carbons (Fsp3) is 0.259. The molecule has 0 aliphatic rings. The number of hydrogen-bond acceptors (Lipinski definition) is 5. The van der Waals surface area contributed by atoms with E-state index in [2.05, 4.69) is 22.0 Å². The van der Waals surface area contributed by atoms with Gasteiger partial charge in [0.05, 0.1) is 45.3 Å². The van der Waals surface area contributed by atoms with Gasteiger partial charge in [-0.1, -0.05) is 36.4 Å². The van der Waals surface area contributed by atoms with E-state index in [-0.39, 0.29) is 12.3 Å². The van der Waals surface area contributed by atoms with Crippen LogP contribution in [0.15, 0.2) is 66.7 Å². The van der Waals surface area contributed by atoms with Crippen LogP contribution in [0.3, 0.4) is 0 Å². The van der Waals surface area contributed by atoms with Crippen molar-refractivity contribution in [3.05, 3.63) is 83.7 Å². The Morgan fingerprint density at radius 2 is 1.62 bits per heavy atom. The van der Waals surface area contributed by atoms with E-state index in [1.54, 1.807) is 21.3 Å². The van der Waals surface area contributed by atoms with Crippen LogP contribution in [0.1, 0.15) is 17.0 Å². The van der Waals surface area contributed by atoms with Crippen molar-refractivity contribution in [1.82, 2.24) is 14.9 Å². The summed E-state index contributed by atoms with van der Waals surface area (Å²) >= 11 is 0. The lowest BCUT2D eigenvalue weighted by molar-refractivity contribution is -0.120. The topological polar surface area (TPSA) is 74.6 Å². The largest absolute Gasteiger partial charge is 0.496 e. The van der Waals surface area contributed by atoms with E-state index in [1.165, 1.54) is 0 Å². The summed E-state index contributed by atoms with van der Waals surface area (Å²) in [7, 11) is 4.85. The Bertz CT molecular complexity index is 1280. The van der Waals surface area contributed by atoms with Crippen LogP contribution in [0.2, 0.25) is 0 Å². The number of nitrogens with one attached hydrogen (secondary N) is 1. The molecule has 1 N–H and O–H groups in total. The number of carbonyl (C=O) groups is 1. The second kappa shape index (κ2) is 10.7. The maximum Gasteiger partial charge on any atom is 0.224 e. The summed E-state index contributed by atoms with van der Waals surface area (Å²) in [6, 6.07) is 21.6. The molecule has 1 heterocycles. The lowest BCUT2D eigenvalue weighted by Crippen LogP contribution is -2.28. The zero-order valence-electron chi connectivity index (χ0n) is 19.7. The number of imidazole rings is 1. The van der Waals surface area contributed by atoms with E-state index >= 15 is 0 Å². The first-order valence-corrected chi connectivity index (χ1v) is 11.2. The molecule has 7 nitrogen and oxygen atoms in total. The number of methoxy groups -OCH3 is 3. The smallest absolute Gasteiger partial charge is 0.224 e. The fourth-order valence-corrected chi connectivity index (χ4v) is 4.05. The number of para-hydroxylation sites is 3. The van der Waals surface area contributed by atoms with Gasteiger partial charge in [-0.15, -0.1) is 0 Å². The van der Waals surface area contributed by atoms with Gasteiger partial charge in [0.2, 0.25) is 5.91 Å². The molecule has 0 bridgehead atoms. The molecule has 3 aromatic carbocycles. The van der Waals surface area contributed by atoms with Crippen LogP contribution in [0, 0.1) is 0 Å². The molecule has 0 aliphatic carbocycles. The van der Waals surface area contributed by atoms with Gasteiger partial charge in [0, 0.05) is 18.5 Å². The van der Waals surface area contributed by atoms with Gasteiger partial charge in [-0.05, 0) is 35.9 Å². The molecule has 0 saturated carbocycles. The number of ether oxygens (including phenoxy) is 3. The van der Waals surface area contributed by atoms with Crippen molar-refractivity contribution >= 4 is 16.9 Å². The van der Waals surface area contributed by atoms with Crippen molar-refractivity contribution < 1.29 is 19.0 Å². The highest BCUT2D eigenvalue weighted by molar-refractivity contribution is 5.79. The predicted molar refractivity (Wildman–Crippen MR) is 132 cm³/mol. The van der Waals surface area contributed by atoms with E-state index < -0.39 is 0 Å². The third kappa shape index (κ3) is 5.14. The van der Waals surface area contributed by atoms with Crippen LogP contribution in [0.4, 0.5) is 0 Å². The van der Waals surface area contributed by atoms with Crippen molar-refractivity contribution in [2.75, 3.05) is 27.9 Å². The summed E-state index contributed by atoms with van der Waals surface area (Å²) in [6.45, 7) is 1.13. The minimum absolute atomic E-state index is 0.0559. The van der Waals surface area contributed by atoms with Crippen molar-refractivity contribution in [3.8, 4) is 17.2 Å². The number of aromatic nitrogens is 2. The zero-order chi connectivity index (χ0) is 23.9. The second-order valence-electron chi connectivity index (χ2n) is 7.88. The summed E-state index contributed by atoms with van der Waals surface area (Å²) < 4.78 is 18.3. The summed E-state index contributed by atoms with van der Waals surface area (Å²) in [5.41, 5.74) is 3.93. The molecule has 0 unspecified atom stereocenters. The van der Waals surface area contributed by atoms with Crippen LogP contribution in [0.25, 0.3) is 11.0 Å². The normalized spacial score (nSPS) is 10.8. The third-order valence-corrected chi connectivity index (χ3v) is 5.74. The molecular weight excluding hydrogens is 430 g/mol. The first kappa shape index (κ1) is 23.2. The number of fused-ring (bicyclic) bond motifs is 1. The molecular formula is C27H29N3O4. The Hall–Kier alpha value is -4.00. The quantitative estimate of drug-likeness (QED) is 0.388. The third-order valence-electron chi connectivity index (χ3n) is 5.74. The van der Waals surface area contributed by atoms with Crippen molar-refractivity contribution in [1.29, 1.82) is 0 Å². The summed E-state index contributed by atoms with van der Waals surface area (Å²) in [6.07, 6.45) is 0.874. The molecule has 34 heavy (non-hydrogen) atoms. The standard InChI is InChI=1S/C27H29N3O4/c1-32-23-11-7-4-8-20(23)18-30-22-10-6-5-9-21(22)29-26(30)14-15-28-27(31)17-19-12-13-24(33-2)25(16-19)34-3/h4-13,16H,14-15,17-18H2,1-3H3,(H,28,31). The van der Waals surface area contributed by atoms with Gasteiger partial charge in [0.25, 0.3) is 0 Å². The van der Waals surface area contributed by atoms with E-state index in [9.17, 15) is 4.79 Å². The molecule has 0 fully saturated rings. The van der Waals surface area contributed by atoms with E-state index in [4.69, 9.17) is 19.2 Å². The molecule has 1 amide bonds. The molecule has 0 atom stereocenters. The highest BCUT2D eigenvalue weighted by Gasteiger charge is 2.14. The van der Waals surface area contributed by atoms with Crippen LogP contribution in [-0.2, 0) is 24.2 Å². The minimum atomic E-state index is -0.0559. The van der Waals surface area contributed by atoms with Crippen molar-refractivity contribution in [2.45, 2.75) is 19.4 Å². The van der Waals surface area contributed by atoms with Gasteiger partial charge in [0.1, 0.15) is 11.6 Å². The average Bonchev–Trinajstić information content (AvgIpc) is 3.21. The van der Waals surface area contributed by atoms with Gasteiger partial charge >= 0.3 is 0 Å². The van der Waals surface area contributed by atoms with E-state index in [1.807, 2.05) is 54.6 Å². The van der Waals surface area contributed by atoms with Crippen LogP contribution >= 0.6 is 0 Å². The van der Waals surface area contributed by atoms with E-state index in [0.29, 0.717) is 31.0 Å². The number of nitrogens with zero attached hydrogens (tertiary/aromatic N) is 2. The lowest BCUT2D eigenvalue weighted by Gasteiger charge is -2.13. The van der Waals surface area contributed by atoms with Gasteiger partial charge in [-0.25, -0.2) is 4.98 Å². The molecule has 4 rings (SSSR count). The molecule has 0 saturated heterocycles. The minimum Gasteiger partial charge on any atom is -0.496 e. The predicted octanol–water partition coefficient (Wildman–Crippen LogP) is 4.01. The summed E-state index contributed by atoms with van der Waals surface area (Å²) in [4.78, 5) is 17.4. The van der Waals surface area contributed by atoms with Crippen molar-refractivity contribution in [2.24, 2.45) is 0 Å². The Labute approximate surface area is 199 Å². The van der Waals surface area contributed by atoms with Gasteiger partial charge in [-0.3, -0.25) is 4.79 Å². The molecule has 7 heteroatoms. The number of hydrogen-bond donors (Lipinski definition) is 1. The van der Waals surface area contributed by atoms with E-state index in [0.717, 1.165) is 33.7 Å². The van der Waals surface area contributed by atoms with Crippen LogP contribution in [-0.4, -0.2) is 43.3 Å². The fourth-order valence-electron chi connectivity index (χ4n) is 4.05. The molecule has 0 radical (unpaired) electrons. The second-order valence-corrected chi connectivity index (χ2v) is 7.88. The van der Waals surface area contributed by atoms with Crippen LogP contribution < -0.4 is 19.5 Å². The van der Waals surface area contributed by atoms with Gasteiger partial charge < -0.3 is 24.1 Å². The highest BCUT2D eigenvalue weighted by Crippen LogP contribution is 2.27. The average molecular weight is 460 g/mol. The molecule has 0 spiro atoms. The van der Waals surface area contributed by atoms with Gasteiger partial charge in [-0.2, -0.15) is 0 Å². The zero-order valence-corrected chi connectivity index (χ0v) is 19.7. The SMILES string of the molecule is COc1ccccc1Cn1c(CCNC(=O)Cc2ccc(OC)c(OC)c2)nc2ccccc21. The Balaban J connectivity index is 1.45. The molecule has 0 aliphatic heterocycles. The van der Waals surface area contributed by atoms with Crippen molar-refractivity contribution in [3.63, 3.8) is 0 Å². The first-order chi connectivity index (χ1) is 16.6. The lowest BCUT2D eigenvalue weighted by atomic mass is 10.1. The molecule has 1 aromatic heterocycles. The molecule has 4 aromatic rings. The number of amides is 1. The first-order valence-electron chi connectivity index (χ1n) is 11.2. The summed E-state index contributed by atoms with van der Waals surface area (Å²) in [5, 5.41) is 3.01. The maximum absolute atomic E-state index is 12.6. The Morgan fingerprint density at radius 3 is 2.41 bits per heavy atom. The Kier molecular flexibility index (Phi) is 7.32. The Morgan fingerprint density at radius 1 is 0.882 bits per heavy atom. The number of carbonyl (C=O) groups excluding carboxylic acids is 1. The monoisotopic (exact) mass is 459 g/mol. The summed E-state index contributed by atoms with van der Waals surface area (Å²) in [5.74, 6) is 2.95. The van der Waals surface area contributed by atoms with Gasteiger partial charge in [0.15, 0.2) is 11.5 Å². The maximum atomic E-state index is 12.6. The van der Waals surface area contributed by atoms with Crippen LogP contribution in [0.5, 0.6) is 17.2 Å².